The van der Waals surface area contributed by atoms with Crippen molar-refractivity contribution in [3.63, 3.8) is 0 Å². The molecule has 2 aromatic carbocycles. The maximum absolute atomic E-state index is 12.6. The lowest BCUT2D eigenvalue weighted by molar-refractivity contribution is -0.113. The normalized spacial score (nSPS) is 13.4. The Bertz CT molecular complexity index is 1250. The van der Waals surface area contributed by atoms with Crippen LogP contribution in [0.15, 0.2) is 59.8 Å². The average molecular weight is 460 g/mol. The highest BCUT2D eigenvalue weighted by atomic mass is 32.2. The molecule has 5 rings (SSSR count). The van der Waals surface area contributed by atoms with Crippen LogP contribution in [-0.2, 0) is 17.8 Å². The van der Waals surface area contributed by atoms with Crippen LogP contribution in [0, 0.1) is 6.92 Å². The van der Waals surface area contributed by atoms with E-state index in [0.717, 1.165) is 53.8 Å². The summed E-state index contributed by atoms with van der Waals surface area (Å²) >= 11 is 1.36. The lowest BCUT2D eigenvalue weighted by Crippen LogP contribution is -2.14. The molecule has 2 aromatic heterocycles. The van der Waals surface area contributed by atoms with Crippen LogP contribution < -0.4 is 5.32 Å². The van der Waals surface area contributed by atoms with Crippen LogP contribution in [0.2, 0.25) is 0 Å². The van der Waals surface area contributed by atoms with Crippen molar-refractivity contribution >= 4 is 23.4 Å². The predicted octanol–water partition coefficient (Wildman–Crippen LogP) is 4.29. The Kier molecular flexibility index (Phi) is 6.21. The number of anilines is 1. The van der Waals surface area contributed by atoms with Crippen LogP contribution in [0.4, 0.5) is 5.69 Å². The van der Waals surface area contributed by atoms with Crippen LogP contribution in [0.25, 0.3) is 17.1 Å². The highest BCUT2D eigenvalue weighted by molar-refractivity contribution is 7.99. The van der Waals surface area contributed by atoms with Gasteiger partial charge in [0.1, 0.15) is 11.6 Å². The first-order valence-electron chi connectivity index (χ1n) is 11.1. The van der Waals surface area contributed by atoms with Gasteiger partial charge in [0.05, 0.1) is 5.75 Å². The second-order valence-electron chi connectivity index (χ2n) is 8.02. The monoisotopic (exact) mass is 459 g/mol. The van der Waals surface area contributed by atoms with Gasteiger partial charge in [-0.2, -0.15) is 0 Å². The second kappa shape index (κ2) is 9.58. The number of carbonyl (C=O) groups excluding carboxylic acids is 1. The summed E-state index contributed by atoms with van der Waals surface area (Å²) in [6, 6.07) is 17.7. The minimum Gasteiger partial charge on any atom is -0.325 e. The molecule has 1 aliphatic heterocycles. The van der Waals surface area contributed by atoms with Crippen molar-refractivity contribution in [1.29, 1.82) is 0 Å². The molecule has 0 fully saturated rings. The Morgan fingerprint density at radius 3 is 2.61 bits per heavy atom. The molecule has 9 heteroatoms. The number of para-hydroxylation sites is 1. The maximum atomic E-state index is 12.6. The molecule has 0 spiro atoms. The summed E-state index contributed by atoms with van der Waals surface area (Å²) in [6.45, 7) is 2.86. The van der Waals surface area contributed by atoms with Gasteiger partial charge in [0.15, 0.2) is 11.0 Å². The number of fused-ring (bicyclic) bond motifs is 1. The number of aromatic nitrogens is 6. The van der Waals surface area contributed by atoms with Crippen molar-refractivity contribution in [2.75, 3.05) is 11.1 Å². The molecule has 3 heterocycles. The molecular formula is C24H25N7OS. The van der Waals surface area contributed by atoms with Gasteiger partial charge in [-0.05, 0) is 56.2 Å². The first-order valence-corrected chi connectivity index (χ1v) is 12.1. The topological polar surface area (TPSA) is 90.5 Å². The number of aryl methyl sites for hydroxylation is 2. The average Bonchev–Trinajstić information content (AvgIpc) is 3.33. The SMILES string of the molecule is Cc1nnc(SCC(=O)Nc2ccc(-c3nnc4n3CCCCC4)cc2)n1-c1ccccc1. The van der Waals surface area contributed by atoms with Gasteiger partial charge in [-0.3, -0.25) is 9.36 Å². The smallest absolute Gasteiger partial charge is 0.234 e. The number of hydrogen-bond acceptors (Lipinski definition) is 6. The lowest BCUT2D eigenvalue weighted by atomic mass is 10.2. The molecule has 0 saturated heterocycles. The van der Waals surface area contributed by atoms with Crippen LogP contribution in [0.3, 0.4) is 0 Å². The Morgan fingerprint density at radius 1 is 0.970 bits per heavy atom. The summed E-state index contributed by atoms with van der Waals surface area (Å²) < 4.78 is 4.18. The van der Waals surface area contributed by atoms with E-state index in [1.807, 2.05) is 66.1 Å². The number of nitrogens with zero attached hydrogens (tertiary/aromatic N) is 6. The molecule has 1 N–H and O–H groups in total. The van der Waals surface area contributed by atoms with E-state index in [-0.39, 0.29) is 11.7 Å². The summed E-state index contributed by atoms with van der Waals surface area (Å²) in [6.07, 6.45) is 4.53. The molecule has 0 saturated carbocycles. The Balaban J connectivity index is 1.23. The maximum Gasteiger partial charge on any atom is 0.234 e. The van der Waals surface area contributed by atoms with E-state index in [1.165, 1.54) is 24.6 Å². The zero-order valence-electron chi connectivity index (χ0n) is 18.4. The number of amides is 1. The molecule has 168 valence electrons. The largest absolute Gasteiger partial charge is 0.325 e. The number of rotatable bonds is 6. The third-order valence-corrected chi connectivity index (χ3v) is 6.61. The van der Waals surface area contributed by atoms with Gasteiger partial charge in [0, 0.05) is 29.9 Å². The number of nitrogens with one attached hydrogen (secondary N) is 1. The molecule has 0 radical (unpaired) electrons. The molecule has 1 amide bonds. The van der Waals surface area contributed by atoms with E-state index in [9.17, 15) is 4.79 Å². The van der Waals surface area contributed by atoms with E-state index < -0.39 is 0 Å². The van der Waals surface area contributed by atoms with E-state index in [4.69, 9.17) is 0 Å². The predicted molar refractivity (Wildman–Crippen MR) is 128 cm³/mol. The molecule has 33 heavy (non-hydrogen) atoms. The Labute approximate surface area is 196 Å². The number of carbonyl (C=O) groups is 1. The van der Waals surface area contributed by atoms with Gasteiger partial charge in [-0.25, -0.2) is 0 Å². The number of thioether (sulfide) groups is 1. The van der Waals surface area contributed by atoms with Crippen molar-refractivity contribution in [2.24, 2.45) is 0 Å². The van der Waals surface area contributed by atoms with Crippen molar-refractivity contribution in [1.82, 2.24) is 29.5 Å². The van der Waals surface area contributed by atoms with Gasteiger partial charge < -0.3 is 9.88 Å². The van der Waals surface area contributed by atoms with Crippen molar-refractivity contribution in [3.8, 4) is 17.1 Å². The van der Waals surface area contributed by atoms with Crippen molar-refractivity contribution in [2.45, 2.75) is 44.3 Å². The molecule has 4 aromatic rings. The molecule has 1 aliphatic rings. The van der Waals surface area contributed by atoms with Gasteiger partial charge in [0.2, 0.25) is 5.91 Å². The second-order valence-corrected chi connectivity index (χ2v) is 8.96. The van der Waals surface area contributed by atoms with Gasteiger partial charge >= 0.3 is 0 Å². The third kappa shape index (κ3) is 4.68. The Hall–Kier alpha value is -3.46. The minimum atomic E-state index is -0.0932. The fourth-order valence-electron chi connectivity index (χ4n) is 4.04. The summed E-state index contributed by atoms with van der Waals surface area (Å²) in [5.41, 5.74) is 2.74. The van der Waals surface area contributed by atoms with E-state index in [1.54, 1.807) is 0 Å². The van der Waals surface area contributed by atoms with Crippen LogP contribution >= 0.6 is 11.8 Å². The lowest BCUT2D eigenvalue weighted by Gasteiger charge is -2.09. The number of hydrogen-bond donors (Lipinski definition) is 1. The summed E-state index contributed by atoms with van der Waals surface area (Å²) in [5.74, 6) is 2.89. The van der Waals surface area contributed by atoms with Crippen molar-refractivity contribution in [3.05, 3.63) is 66.2 Å². The van der Waals surface area contributed by atoms with Crippen LogP contribution in [0.1, 0.15) is 30.9 Å². The van der Waals surface area contributed by atoms with Gasteiger partial charge in [-0.1, -0.05) is 36.4 Å². The fourth-order valence-corrected chi connectivity index (χ4v) is 4.84. The summed E-state index contributed by atoms with van der Waals surface area (Å²) in [4.78, 5) is 12.6. The minimum absolute atomic E-state index is 0.0932. The summed E-state index contributed by atoms with van der Waals surface area (Å²) in [7, 11) is 0. The zero-order chi connectivity index (χ0) is 22.6. The molecule has 8 nitrogen and oxygen atoms in total. The molecule has 0 unspecified atom stereocenters. The van der Waals surface area contributed by atoms with Gasteiger partial charge in [-0.15, -0.1) is 20.4 Å². The molecular weight excluding hydrogens is 434 g/mol. The van der Waals surface area contributed by atoms with E-state index in [0.29, 0.717) is 5.16 Å². The molecule has 0 aliphatic carbocycles. The number of benzene rings is 2. The van der Waals surface area contributed by atoms with E-state index in [2.05, 4.69) is 30.3 Å². The van der Waals surface area contributed by atoms with Crippen LogP contribution in [0.5, 0.6) is 0 Å². The fraction of sp³-hybridized carbons (Fsp3) is 0.292. The first-order chi connectivity index (χ1) is 16.2. The quantitative estimate of drug-likeness (QED) is 0.433. The van der Waals surface area contributed by atoms with Gasteiger partial charge in [0.25, 0.3) is 0 Å². The molecule has 0 atom stereocenters. The summed E-state index contributed by atoms with van der Waals surface area (Å²) in [5, 5.41) is 20.8. The first kappa shape index (κ1) is 21.4. The van der Waals surface area contributed by atoms with E-state index >= 15 is 0 Å². The zero-order valence-corrected chi connectivity index (χ0v) is 19.3. The molecule has 0 bridgehead atoms. The van der Waals surface area contributed by atoms with Crippen LogP contribution in [-0.4, -0.2) is 41.2 Å². The Morgan fingerprint density at radius 2 is 1.79 bits per heavy atom. The standard InChI is InChI=1S/C24H25N7OS/c1-17-26-29-24(31(17)20-8-4-2-5-9-20)33-16-22(32)25-19-13-11-18(12-14-19)23-28-27-21-10-6-3-7-15-30(21)23/h2,4-5,8-9,11-14H,3,6-7,10,15-16H2,1H3,(H,25,32). The van der Waals surface area contributed by atoms with Crippen molar-refractivity contribution < 1.29 is 4.79 Å². The highest BCUT2D eigenvalue weighted by Gasteiger charge is 2.16. The highest BCUT2D eigenvalue weighted by Crippen LogP contribution is 2.25. The third-order valence-electron chi connectivity index (χ3n) is 5.68.